The molecular formula is C42H29Cl4IN4O2. The molecule has 0 radical (unpaired) electrons. The highest BCUT2D eigenvalue weighted by Crippen LogP contribution is 2.39. The van der Waals surface area contributed by atoms with Crippen LogP contribution in [0.25, 0.3) is 21.8 Å². The minimum Gasteiger partial charge on any atom is -0.506 e. The maximum Gasteiger partial charge on any atom is 0.153 e. The molecule has 53 heavy (non-hydrogen) atoms. The Hall–Kier alpha value is -4.77. The van der Waals surface area contributed by atoms with Gasteiger partial charge in [-0.15, -0.1) is 0 Å². The van der Waals surface area contributed by atoms with Gasteiger partial charge in [0.05, 0.1) is 53.9 Å². The summed E-state index contributed by atoms with van der Waals surface area (Å²) in [6.07, 6.45) is 3.45. The number of phenols is 1. The van der Waals surface area contributed by atoms with Crippen molar-refractivity contribution in [1.82, 2.24) is 9.97 Å². The molecule has 0 unspecified atom stereocenters. The monoisotopic (exact) mass is 888 g/mol. The lowest BCUT2D eigenvalue weighted by Gasteiger charge is -2.15. The Morgan fingerprint density at radius 2 is 0.962 bits per heavy atom. The SMILES string of the molecule is Clc1ccccc1I.Clc1ccccc1Nc1cc2cccnc2cc1Oc1ccccc1Cl.Oc1cc2ncccc2cc1Nc1ccccc1Cl. The lowest BCUT2D eigenvalue weighted by molar-refractivity contribution is 0.478. The summed E-state index contributed by atoms with van der Waals surface area (Å²) >= 11 is 26.5. The molecule has 0 saturated heterocycles. The first-order valence-corrected chi connectivity index (χ1v) is 18.7. The number of para-hydroxylation sites is 3. The van der Waals surface area contributed by atoms with Gasteiger partial charge in [0, 0.05) is 38.9 Å². The fourth-order valence-corrected chi connectivity index (χ4v) is 6.06. The van der Waals surface area contributed by atoms with Crippen LogP contribution in [0.2, 0.25) is 20.1 Å². The molecule has 0 aliphatic rings. The Kier molecular flexibility index (Phi) is 13.1. The van der Waals surface area contributed by atoms with Gasteiger partial charge in [-0.1, -0.05) is 107 Å². The number of nitrogens with one attached hydrogen (secondary N) is 2. The lowest BCUT2D eigenvalue weighted by Crippen LogP contribution is -1.96. The predicted molar refractivity (Wildman–Crippen MR) is 230 cm³/mol. The smallest absolute Gasteiger partial charge is 0.153 e. The lowest BCUT2D eigenvalue weighted by atomic mass is 10.1. The molecule has 2 aromatic heterocycles. The fraction of sp³-hybridized carbons (Fsp3) is 0. The summed E-state index contributed by atoms with van der Waals surface area (Å²) in [5, 5.41) is 21.0. The first-order valence-electron chi connectivity index (χ1n) is 16.1. The zero-order valence-corrected chi connectivity index (χ0v) is 32.8. The number of rotatable bonds is 6. The van der Waals surface area contributed by atoms with Crippen molar-refractivity contribution in [2.24, 2.45) is 0 Å². The van der Waals surface area contributed by atoms with Gasteiger partial charge in [-0.05, 0) is 95.4 Å². The molecule has 6 nitrogen and oxygen atoms in total. The van der Waals surface area contributed by atoms with Crippen LogP contribution in [0, 0.1) is 3.57 Å². The Morgan fingerprint density at radius 3 is 1.51 bits per heavy atom. The maximum absolute atomic E-state index is 10.0. The van der Waals surface area contributed by atoms with Gasteiger partial charge < -0.3 is 20.5 Å². The van der Waals surface area contributed by atoms with Crippen LogP contribution in [0.4, 0.5) is 22.7 Å². The summed E-state index contributed by atoms with van der Waals surface area (Å²) in [6.45, 7) is 0. The third-order valence-electron chi connectivity index (χ3n) is 7.59. The van der Waals surface area contributed by atoms with Crippen LogP contribution in [-0.4, -0.2) is 15.1 Å². The second kappa shape index (κ2) is 18.3. The molecule has 0 atom stereocenters. The number of phenolic OH excluding ortho intramolecular Hbond substituents is 1. The molecule has 0 spiro atoms. The Bertz CT molecular complexity index is 2400. The van der Waals surface area contributed by atoms with Gasteiger partial charge in [0.25, 0.3) is 0 Å². The molecular weight excluding hydrogens is 861 g/mol. The second-order valence-corrected chi connectivity index (χ2v) is 14.1. The van der Waals surface area contributed by atoms with Gasteiger partial charge in [0.15, 0.2) is 5.75 Å². The van der Waals surface area contributed by atoms with Crippen molar-refractivity contribution in [3.8, 4) is 17.2 Å². The van der Waals surface area contributed by atoms with Crippen molar-refractivity contribution < 1.29 is 9.84 Å². The van der Waals surface area contributed by atoms with Gasteiger partial charge in [-0.25, -0.2) is 0 Å². The number of nitrogens with zero attached hydrogens (tertiary/aromatic N) is 2. The number of halogens is 5. The highest BCUT2D eigenvalue weighted by atomic mass is 127. The zero-order valence-electron chi connectivity index (χ0n) is 27.7. The quantitative estimate of drug-likeness (QED) is 0.114. The van der Waals surface area contributed by atoms with Gasteiger partial charge in [0.1, 0.15) is 11.5 Å². The zero-order chi connectivity index (χ0) is 37.2. The fourth-order valence-electron chi connectivity index (χ4n) is 4.99. The van der Waals surface area contributed by atoms with Gasteiger partial charge in [-0.3, -0.25) is 9.97 Å². The molecule has 0 bridgehead atoms. The van der Waals surface area contributed by atoms with Crippen LogP contribution in [0.3, 0.4) is 0 Å². The van der Waals surface area contributed by atoms with Crippen LogP contribution in [0.5, 0.6) is 17.2 Å². The van der Waals surface area contributed by atoms with E-state index in [0.717, 1.165) is 47.5 Å². The van der Waals surface area contributed by atoms with E-state index in [-0.39, 0.29) is 5.75 Å². The van der Waals surface area contributed by atoms with Crippen molar-refractivity contribution in [3.63, 3.8) is 0 Å². The molecule has 2 heterocycles. The molecule has 8 rings (SSSR count). The summed E-state index contributed by atoms with van der Waals surface area (Å²) in [4.78, 5) is 8.60. The average Bonchev–Trinajstić information content (AvgIpc) is 3.16. The predicted octanol–water partition coefficient (Wildman–Crippen LogP) is 14.4. The van der Waals surface area contributed by atoms with Crippen molar-refractivity contribution in [3.05, 3.63) is 182 Å². The van der Waals surface area contributed by atoms with E-state index in [0.29, 0.717) is 32.3 Å². The molecule has 0 amide bonds. The van der Waals surface area contributed by atoms with E-state index in [9.17, 15) is 5.11 Å². The van der Waals surface area contributed by atoms with Gasteiger partial charge in [-0.2, -0.15) is 0 Å². The minimum atomic E-state index is 0.145. The Balaban J connectivity index is 0.000000155. The molecule has 11 heteroatoms. The molecule has 0 fully saturated rings. The first-order chi connectivity index (χ1) is 25.7. The van der Waals surface area contributed by atoms with Crippen molar-refractivity contribution in [2.75, 3.05) is 10.6 Å². The number of pyridine rings is 2. The molecule has 0 aliphatic heterocycles. The maximum atomic E-state index is 10.0. The van der Waals surface area contributed by atoms with Gasteiger partial charge in [0.2, 0.25) is 0 Å². The highest BCUT2D eigenvalue weighted by Gasteiger charge is 2.12. The van der Waals surface area contributed by atoms with Crippen molar-refractivity contribution >= 4 is 114 Å². The second-order valence-electron chi connectivity index (χ2n) is 11.3. The number of aromatic hydroxyl groups is 1. The number of aromatic nitrogens is 2. The third kappa shape index (κ3) is 10.2. The Morgan fingerprint density at radius 1 is 0.472 bits per heavy atom. The van der Waals surface area contributed by atoms with Crippen LogP contribution in [-0.2, 0) is 0 Å². The number of fused-ring (bicyclic) bond motifs is 2. The normalized spacial score (nSPS) is 10.4. The van der Waals surface area contributed by atoms with E-state index >= 15 is 0 Å². The van der Waals surface area contributed by atoms with E-state index in [2.05, 4.69) is 43.2 Å². The number of anilines is 4. The van der Waals surface area contributed by atoms with Crippen LogP contribution in [0.1, 0.15) is 0 Å². The van der Waals surface area contributed by atoms with Gasteiger partial charge >= 0.3 is 0 Å². The van der Waals surface area contributed by atoms with Crippen LogP contribution in [0.15, 0.2) is 158 Å². The Labute approximate surface area is 340 Å². The third-order valence-corrected chi connectivity index (χ3v) is 10.2. The molecule has 8 aromatic rings. The van der Waals surface area contributed by atoms with E-state index in [1.807, 2.05) is 127 Å². The van der Waals surface area contributed by atoms with E-state index in [4.69, 9.17) is 51.1 Å². The number of ether oxygens (including phenoxy) is 1. The summed E-state index contributed by atoms with van der Waals surface area (Å²) in [5.74, 6) is 1.34. The largest absolute Gasteiger partial charge is 0.506 e. The molecule has 0 saturated carbocycles. The van der Waals surface area contributed by atoms with E-state index < -0.39 is 0 Å². The summed E-state index contributed by atoms with van der Waals surface area (Å²) in [6, 6.07) is 45.1. The minimum absolute atomic E-state index is 0.145. The van der Waals surface area contributed by atoms with E-state index in [1.54, 1.807) is 30.6 Å². The topological polar surface area (TPSA) is 79.3 Å². The number of hydrogen-bond acceptors (Lipinski definition) is 6. The number of benzene rings is 6. The van der Waals surface area contributed by atoms with Crippen LogP contribution < -0.4 is 15.4 Å². The average molecular weight is 890 g/mol. The first kappa shape index (κ1) is 38.0. The molecule has 0 aliphatic carbocycles. The van der Waals surface area contributed by atoms with Crippen molar-refractivity contribution in [2.45, 2.75) is 0 Å². The summed E-state index contributed by atoms with van der Waals surface area (Å²) in [7, 11) is 0. The highest BCUT2D eigenvalue weighted by molar-refractivity contribution is 14.1. The molecule has 6 aromatic carbocycles. The standard InChI is InChI=1S/C21H14Cl2N2O.C15H11ClN2O.C6H4ClI/c22-15-7-1-3-9-17(15)25-19-12-14-6-5-11-24-18(14)13-21(19)26-20-10-4-2-8-16(20)23;16-11-5-1-2-6-12(11)18-14-8-10-4-3-7-17-13(10)9-15(14)19;7-5-3-1-2-4-6(5)8/h1-13,25H;1-9,18-19H;1-4H. The van der Waals surface area contributed by atoms with E-state index in [1.165, 1.54) is 0 Å². The summed E-state index contributed by atoms with van der Waals surface area (Å²) in [5.41, 5.74) is 4.51. The molecule has 3 N–H and O–H groups in total. The van der Waals surface area contributed by atoms with Crippen LogP contribution >= 0.6 is 69.0 Å². The summed E-state index contributed by atoms with van der Waals surface area (Å²) < 4.78 is 7.19. The number of hydrogen-bond donors (Lipinski definition) is 3. The molecule has 264 valence electrons. The van der Waals surface area contributed by atoms with Crippen molar-refractivity contribution in [1.29, 1.82) is 0 Å².